The molecule has 2 unspecified atom stereocenters. The molecule has 0 aliphatic carbocycles. The van der Waals surface area contributed by atoms with Gasteiger partial charge in [0.25, 0.3) is 0 Å². The van der Waals surface area contributed by atoms with Gasteiger partial charge in [-0.05, 0) is 24.5 Å². The number of para-hydroxylation sites is 1. The number of benzene rings is 1. The van der Waals surface area contributed by atoms with Crippen LogP contribution in [0.5, 0.6) is 0 Å². The molecule has 1 saturated heterocycles. The number of carbonyl (C=O) groups excluding carboxylic acids is 1. The Kier molecular flexibility index (Phi) is 3.44. The van der Waals surface area contributed by atoms with Crippen molar-refractivity contribution in [3.63, 3.8) is 0 Å². The largest absolute Gasteiger partial charge is 0.356 e. The Balaban J connectivity index is 1.73. The number of carbonyl (C=O) groups is 1. The Morgan fingerprint density at radius 2 is 2.30 bits per heavy atom. The second-order valence-corrected chi connectivity index (χ2v) is 5.57. The van der Waals surface area contributed by atoms with Gasteiger partial charge in [0.15, 0.2) is 5.58 Å². The Morgan fingerprint density at radius 1 is 1.50 bits per heavy atom. The van der Waals surface area contributed by atoms with E-state index in [-0.39, 0.29) is 18.4 Å². The molecule has 5 nitrogen and oxygen atoms in total. The van der Waals surface area contributed by atoms with E-state index in [0.717, 1.165) is 23.9 Å². The van der Waals surface area contributed by atoms with Gasteiger partial charge in [-0.25, -0.2) is 0 Å². The van der Waals surface area contributed by atoms with E-state index in [1.165, 1.54) is 0 Å². The Morgan fingerprint density at radius 3 is 3.10 bits per heavy atom. The van der Waals surface area contributed by atoms with E-state index in [1.807, 2.05) is 29.2 Å². The quantitative estimate of drug-likeness (QED) is 0.901. The molecule has 1 amide bonds. The number of fused-ring (bicyclic) bond motifs is 1. The number of rotatable bonds is 2. The fraction of sp³-hybridized carbons (Fsp3) is 0.467. The van der Waals surface area contributed by atoms with Gasteiger partial charge < -0.3 is 15.2 Å². The summed E-state index contributed by atoms with van der Waals surface area (Å²) in [5.41, 5.74) is 7.47. The van der Waals surface area contributed by atoms with Crippen LogP contribution in [0.2, 0.25) is 0 Å². The highest BCUT2D eigenvalue weighted by Crippen LogP contribution is 2.20. The average Bonchev–Trinajstić information content (AvgIpc) is 2.85. The van der Waals surface area contributed by atoms with E-state index in [4.69, 9.17) is 10.3 Å². The van der Waals surface area contributed by atoms with Crippen molar-refractivity contribution in [1.29, 1.82) is 0 Å². The van der Waals surface area contributed by atoms with E-state index in [2.05, 4.69) is 12.1 Å². The highest BCUT2D eigenvalue weighted by molar-refractivity contribution is 5.86. The molecular weight excluding hydrogens is 254 g/mol. The number of aromatic nitrogens is 1. The third-order valence-corrected chi connectivity index (χ3v) is 4.14. The van der Waals surface area contributed by atoms with Crippen LogP contribution in [0.1, 0.15) is 19.0 Å². The van der Waals surface area contributed by atoms with E-state index in [9.17, 15) is 4.79 Å². The topological polar surface area (TPSA) is 72.4 Å². The summed E-state index contributed by atoms with van der Waals surface area (Å²) in [6, 6.07) is 7.67. The van der Waals surface area contributed by atoms with Gasteiger partial charge >= 0.3 is 0 Å². The summed E-state index contributed by atoms with van der Waals surface area (Å²) < 4.78 is 5.23. The van der Waals surface area contributed by atoms with Gasteiger partial charge in [-0.15, -0.1) is 0 Å². The lowest BCUT2D eigenvalue weighted by Gasteiger charge is -2.35. The van der Waals surface area contributed by atoms with Crippen molar-refractivity contribution in [2.75, 3.05) is 13.1 Å². The van der Waals surface area contributed by atoms with E-state index >= 15 is 0 Å². The normalized spacial score (nSPS) is 23.2. The summed E-state index contributed by atoms with van der Waals surface area (Å²) in [6.45, 7) is 3.55. The summed E-state index contributed by atoms with van der Waals surface area (Å²) in [6.07, 6.45) is 1.24. The molecule has 2 aromatic rings. The molecular formula is C15H19N3O2. The monoisotopic (exact) mass is 273 g/mol. The maximum absolute atomic E-state index is 12.4. The molecule has 0 radical (unpaired) electrons. The van der Waals surface area contributed by atoms with Crippen molar-refractivity contribution in [3.8, 4) is 0 Å². The third-order valence-electron chi connectivity index (χ3n) is 4.14. The van der Waals surface area contributed by atoms with Crippen molar-refractivity contribution in [2.24, 2.45) is 11.7 Å². The van der Waals surface area contributed by atoms with Gasteiger partial charge in [-0.3, -0.25) is 4.79 Å². The minimum absolute atomic E-state index is 0.0711. The van der Waals surface area contributed by atoms with Crippen LogP contribution in [0, 0.1) is 5.92 Å². The van der Waals surface area contributed by atoms with Gasteiger partial charge in [0.1, 0.15) is 5.69 Å². The predicted molar refractivity (Wildman–Crippen MR) is 76.0 cm³/mol. The first kappa shape index (κ1) is 13.1. The van der Waals surface area contributed by atoms with Crippen molar-refractivity contribution in [2.45, 2.75) is 25.8 Å². The number of piperidine rings is 1. The molecule has 1 aliphatic rings. The lowest BCUT2D eigenvalue weighted by molar-refractivity contribution is -0.132. The van der Waals surface area contributed by atoms with Crippen LogP contribution in [0.4, 0.5) is 0 Å². The molecule has 0 spiro atoms. The Hall–Kier alpha value is -1.88. The van der Waals surface area contributed by atoms with Crippen LogP contribution in [-0.4, -0.2) is 35.1 Å². The van der Waals surface area contributed by atoms with Crippen LogP contribution in [0.25, 0.3) is 11.0 Å². The molecule has 20 heavy (non-hydrogen) atoms. The van der Waals surface area contributed by atoms with Crippen molar-refractivity contribution in [3.05, 3.63) is 30.0 Å². The lowest BCUT2D eigenvalue weighted by Crippen LogP contribution is -2.50. The number of nitrogens with two attached hydrogens (primary N) is 1. The van der Waals surface area contributed by atoms with Gasteiger partial charge in [0.05, 0.1) is 6.42 Å². The minimum atomic E-state index is 0.0711. The second-order valence-electron chi connectivity index (χ2n) is 5.57. The predicted octanol–water partition coefficient (Wildman–Crippen LogP) is 1.57. The molecule has 1 aromatic heterocycles. The molecule has 0 saturated carbocycles. The van der Waals surface area contributed by atoms with Gasteiger partial charge in [0.2, 0.25) is 5.91 Å². The van der Waals surface area contributed by atoms with Crippen LogP contribution in [-0.2, 0) is 11.2 Å². The average molecular weight is 273 g/mol. The number of hydrogen-bond donors (Lipinski definition) is 1. The van der Waals surface area contributed by atoms with Crippen molar-refractivity contribution >= 4 is 16.9 Å². The molecule has 1 fully saturated rings. The molecule has 5 heteroatoms. The molecule has 2 N–H and O–H groups in total. The molecule has 3 rings (SSSR count). The van der Waals surface area contributed by atoms with Gasteiger partial charge in [-0.1, -0.05) is 24.2 Å². The molecule has 106 valence electrons. The number of likely N-dealkylation sites (tertiary alicyclic amines) is 1. The first-order chi connectivity index (χ1) is 9.65. The van der Waals surface area contributed by atoms with Crippen molar-refractivity contribution in [1.82, 2.24) is 10.1 Å². The zero-order valence-corrected chi connectivity index (χ0v) is 11.6. The maximum atomic E-state index is 12.4. The van der Waals surface area contributed by atoms with Crippen LogP contribution < -0.4 is 5.73 Å². The fourth-order valence-electron chi connectivity index (χ4n) is 2.65. The van der Waals surface area contributed by atoms with Crippen LogP contribution in [0.3, 0.4) is 0 Å². The summed E-state index contributed by atoms with van der Waals surface area (Å²) in [5.74, 6) is 0.554. The number of amides is 1. The SMILES string of the molecule is CC1CCN(C(=O)Cc2noc3ccccc23)CC1N. The van der Waals surface area contributed by atoms with Gasteiger partial charge in [0, 0.05) is 24.5 Å². The zero-order chi connectivity index (χ0) is 14.1. The highest BCUT2D eigenvalue weighted by atomic mass is 16.5. The second kappa shape index (κ2) is 5.25. The zero-order valence-electron chi connectivity index (χ0n) is 11.6. The summed E-state index contributed by atoms with van der Waals surface area (Å²) >= 11 is 0. The molecule has 1 aliphatic heterocycles. The maximum Gasteiger partial charge on any atom is 0.228 e. The molecule has 1 aromatic carbocycles. The van der Waals surface area contributed by atoms with E-state index in [1.54, 1.807) is 0 Å². The van der Waals surface area contributed by atoms with E-state index < -0.39 is 0 Å². The molecule has 2 atom stereocenters. The lowest BCUT2D eigenvalue weighted by atomic mass is 9.94. The molecule has 2 heterocycles. The first-order valence-electron chi connectivity index (χ1n) is 7.02. The first-order valence-corrected chi connectivity index (χ1v) is 7.02. The van der Waals surface area contributed by atoms with Crippen LogP contribution >= 0.6 is 0 Å². The summed E-state index contributed by atoms with van der Waals surface area (Å²) in [4.78, 5) is 14.2. The van der Waals surface area contributed by atoms with Crippen molar-refractivity contribution < 1.29 is 9.32 Å². The Labute approximate surface area is 117 Å². The molecule has 0 bridgehead atoms. The smallest absolute Gasteiger partial charge is 0.228 e. The fourth-order valence-corrected chi connectivity index (χ4v) is 2.65. The standard InChI is InChI=1S/C15H19N3O2/c1-10-6-7-18(9-12(10)16)15(19)8-13-11-4-2-3-5-14(11)20-17-13/h2-5,10,12H,6-9,16H2,1H3. The Bertz CT molecular complexity index is 622. The number of hydrogen-bond acceptors (Lipinski definition) is 4. The number of nitrogens with zero attached hydrogens (tertiary/aromatic N) is 2. The van der Waals surface area contributed by atoms with Crippen LogP contribution in [0.15, 0.2) is 28.8 Å². The highest BCUT2D eigenvalue weighted by Gasteiger charge is 2.27. The summed E-state index contributed by atoms with van der Waals surface area (Å²) in [7, 11) is 0. The summed E-state index contributed by atoms with van der Waals surface area (Å²) in [5, 5.41) is 4.92. The minimum Gasteiger partial charge on any atom is -0.356 e. The van der Waals surface area contributed by atoms with Gasteiger partial charge in [-0.2, -0.15) is 0 Å². The van der Waals surface area contributed by atoms with E-state index in [0.29, 0.717) is 18.2 Å². The third kappa shape index (κ3) is 2.41.